The number of thioether (sulfide) groups is 1. The molecule has 3 atom stereocenters. The third kappa shape index (κ3) is 10.5. The number of ether oxygens (including phenoxy) is 1. The minimum atomic E-state index is -0.838. The van der Waals surface area contributed by atoms with Gasteiger partial charge in [-0.3, -0.25) is 9.59 Å². The molecule has 0 fully saturated rings. The lowest BCUT2D eigenvalue weighted by Crippen LogP contribution is -2.57. The predicted octanol–water partition coefficient (Wildman–Crippen LogP) is 5.22. The number of rotatable bonds is 10. The van der Waals surface area contributed by atoms with Crippen molar-refractivity contribution in [1.82, 2.24) is 15.5 Å². The maximum Gasteiger partial charge on any atom is 0.408 e. The van der Waals surface area contributed by atoms with Crippen LogP contribution in [0.15, 0.2) is 24.3 Å². The first-order valence-electron chi connectivity index (χ1n) is 12.3. The third-order valence-corrected chi connectivity index (χ3v) is 5.98. The highest BCUT2D eigenvalue weighted by molar-refractivity contribution is 7.98. The van der Waals surface area contributed by atoms with Gasteiger partial charge in [-0.25, -0.2) is 4.79 Å². The van der Waals surface area contributed by atoms with Crippen LogP contribution in [-0.4, -0.2) is 58.0 Å². The Balaban J connectivity index is 3.51. The van der Waals surface area contributed by atoms with Crippen molar-refractivity contribution in [2.75, 3.05) is 12.0 Å². The molecule has 0 aliphatic rings. The van der Waals surface area contributed by atoms with Crippen LogP contribution in [0.25, 0.3) is 0 Å². The van der Waals surface area contributed by atoms with Gasteiger partial charge < -0.3 is 20.3 Å². The van der Waals surface area contributed by atoms with Crippen LogP contribution < -0.4 is 10.6 Å². The topological polar surface area (TPSA) is 87.7 Å². The van der Waals surface area contributed by atoms with Gasteiger partial charge >= 0.3 is 6.09 Å². The van der Waals surface area contributed by atoms with Crippen molar-refractivity contribution in [3.05, 3.63) is 35.4 Å². The molecule has 0 bridgehead atoms. The third-order valence-electron chi connectivity index (χ3n) is 5.34. The lowest BCUT2D eigenvalue weighted by Gasteiger charge is -2.39. The van der Waals surface area contributed by atoms with E-state index in [0.717, 1.165) is 11.1 Å². The van der Waals surface area contributed by atoms with E-state index in [-0.39, 0.29) is 17.9 Å². The van der Waals surface area contributed by atoms with E-state index in [1.54, 1.807) is 37.4 Å². The highest BCUT2D eigenvalue weighted by Crippen LogP contribution is 2.28. The van der Waals surface area contributed by atoms with Gasteiger partial charge in [0.05, 0.1) is 0 Å². The number of carbonyl (C=O) groups is 3. The maximum atomic E-state index is 14.1. The standard InChI is InChI=1S/C27H45N3O4S/c1-11-19(3)30(24(32)21(16-17-35-10)28-25(33)34-27(7,8)9)22(23(31)29-26(4,5)6)20-14-12-18(2)13-15-20/h12-15,19,21-22H,11,16-17H2,1-10H3,(H,28,33)(H,29,31). The summed E-state index contributed by atoms with van der Waals surface area (Å²) in [5.74, 6) is 0.119. The van der Waals surface area contributed by atoms with Crippen molar-refractivity contribution in [3.63, 3.8) is 0 Å². The summed E-state index contributed by atoms with van der Waals surface area (Å²) < 4.78 is 5.43. The number of aryl methyl sites for hydroxylation is 1. The summed E-state index contributed by atoms with van der Waals surface area (Å²) in [5, 5.41) is 5.82. The van der Waals surface area contributed by atoms with Gasteiger partial charge in [0, 0.05) is 11.6 Å². The van der Waals surface area contributed by atoms with Crippen LogP contribution in [0.4, 0.5) is 4.79 Å². The molecule has 0 aliphatic heterocycles. The number of nitrogens with one attached hydrogen (secondary N) is 2. The fourth-order valence-electron chi connectivity index (χ4n) is 3.54. The Morgan fingerprint density at radius 2 is 1.63 bits per heavy atom. The molecule has 198 valence electrons. The van der Waals surface area contributed by atoms with Gasteiger partial charge in [-0.05, 0) is 85.8 Å². The molecule has 0 aromatic heterocycles. The number of alkyl carbamates (subject to hydrolysis) is 1. The zero-order valence-electron chi connectivity index (χ0n) is 23.2. The number of carbonyl (C=O) groups excluding carboxylic acids is 3. The van der Waals surface area contributed by atoms with Crippen molar-refractivity contribution in [2.24, 2.45) is 0 Å². The second-order valence-corrected chi connectivity index (χ2v) is 12.0. The number of hydrogen-bond donors (Lipinski definition) is 2. The minimum absolute atomic E-state index is 0.239. The van der Waals surface area contributed by atoms with Crippen LogP contribution >= 0.6 is 11.8 Å². The number of nitrogens with zero attached hydrogens (tertiary/aromatic N) is 1. The molecule has 0 saturated heterocycles. The molecule has 0 heterocycles. The van der Waals surface area contributed by atoms with Gasteiger partial charge in [-0.15, -0.1) is 0 Å². The van der Waals surface area contributed by atoms with Gasteiger partial charge in [0.2, 0.25) is 11.8 Å². The Bertz CT molecular complexity index is 843. The number of benzene rings is 1. The summed E-state index contributed by atoms with van der Waals surface area (Å²) in [5.41, 5.74) is 0.628. The molecule has 0 aliphatic carbocycles. The predicted molar refractivity (Wildman–Crippen MR) is 145 cm³/mol. The molecule has 3 amide bonds. The Morgan fingerprint density at radius 1 is 1.06 bits per heavy atom. The first-order valence-corrected chi connectivity index (χ1v) is 13.7. The normalized spacial score (nSPS) is 14.5. The molecule has 35 heavy (non-hydrogen) atoms. The van der Waals surface area contributed by atoms with Crippen LogP contribution in [0.1, 0.15) is 85.4 Å². The first-order chi connectivity index (χ1) is 16.1. The average Bonchev–Trinajstić information content (AvgIpc) is 2.72. The monoisotopic (exact) mass is 507 g/mol. The molecule has 3 unspecified atom stereocenters. The molecular weight excluding hydrogens is 462 g/mol. The summed E-state index contributed by atoms with van der Waals surface area (Å²) >= 11 is 1.59. The Labute approximate surface area is 216 Å². The van der Waals surface area contributed by atoms with Gasteiger partial charge in [0.15, 0.2) is 0 Å². The molecule has 0 saturated carbocycles. The van der Waals surface area contributed by atoms with Gasteiger partial charge in [-0.2, -0.15) is 11.8 Å². The molecule has 0 spiro atoms. The molecule has 2 N–H and O–H groups in total. The molecule has 7 nitrogen and oxygen atoms in total. The number of amides is 3. The zero-order valence-corrected chi connectivity index (χ0v) is 24.0. The molecular formula is C27H45N3O4S. The van der Waals surface area contributed by atoms with E-state index >= 15 is 0 Å². The molecule has 1 aromatic carbocycles. The molecule has 8 heteroatoms. The summed E-state index contributed by atoms with van der Waals surface area (Å²) in [4.78, 5) is 41.9. The van der Waals surface area contributed by atoms with Crippen molar-refractivity contribution >= 4 is 29.7 Å². The van der Waals surface area contributed by atoms with E-state index in [9.17, 15) is 14.4 Å². The fourth-order valence-corrected chi connectivity index (χ4v) is 4.01. The first kappa shape index (κ1) is 30.8. The smallest absolute Gasteiger partial charge is 0.408 e. The molecule has 0 radical (unpaired) electrons. The van der Waals surface area contributed by atoms with Crippen LogP contribution in [0, 0.1) is 6.92 Å². The highest BCUT2D eigenvalue weighted by atomic mass is 32.2. The van der Waals surface area contributed by atoms with Crippen molar-refractivity contribution in [1.29, 1.82) is 0 Å². The molecule has 1 rings (SSSR count). The van der Waals surface area contributed by atoms with Crippen molar-refractivity contribution in [3.8, 4) is 0 Å². The molecule has 1 aromatic rings. The van der Waals surface area contributed by atoms with Gasteiger partial charge in [-0.1, -0.05) is 36.8 Å². The lowest BCUT2D eigenvalue weighted by molar-refractivity contribution is -0.145. The van der Waals surface area contributed by atoms with Gasteiger partial charge in [0.1, 0.15) is 17.7 Å². The Kier molecular flexibility index (Phi) is 11.6. The number of hydrogen-bond acceptors (Lipinski definition) is 5. The largest absolute Gasteiger partial charge is 0.444 e. The van der Waals surface area contributed by atoms with Crippen molar-refractivity contribution < 1.29 is 19.1 Å². The fraction of sp³-hybridized carbons (Fsp3) is 0.667. The second kappa shape index (κ2) is 13.2. The summed E-state index contributed by atoms with van der Waals surface area (Å²) in [6.45, 7) is 17.0. The van der Waals surface area contributed by atoms with E-state index < -0.39 is 29.3 Å². The summed E-state index contributed by atoms with van der Waals surface area (Å²) in [6.07, 6.45) is 2.38. The summed E-state index contributed by atoms with van der Waals surface area (Å²) in [7, 11) is 0. The van der Waals surface area contributed by atoms with E-state index in [1.165, 1.54) is 0 Å². The van der Waals surface area contributed by atoms with E-state index in [2.05, 4.69) is 10.6 Å². The van der Waals surface area contributed by atoms with E-state index in [0.29, 0.717) is 18.6 Å². The van der Waals surface area contributed by atoms with Crippen molar-refractivity contribution in [2.45, 2.75) is 104 Å². The average molecular weight is 508 g/mol. The van der Waals surface area contributed by atoms with Gasteiger partial charge in [0.25, 0.3) is 0 Å². The summed E-state index contributed by atoms with van der Waals surface area (Å²) in [6, 6.07) is 5.77. The highest BCUT2D eigenvalue weighted by Gasteiger charge is 2.39. The second-order valence-electron chi connectivity index (χ2n) is 11.0. The van der Waals surface area contributed by atoms with Crippen LogP contribution in [-0.2, 0) is 14.3 Å². The Morgan fingerprint density at radius 3 is 2.09 bits per heavy atom. The Hall–Kier alpha value is -2.22. The minimum Gasteiger partial charge on any atom is -0.444 e. The quantitative estimate of drug-likeness (QED) is 0.453. The zero-order chi connectivity index (χ0) is 27.0. The van der Waals surface area contributed by atoms with Crippen LogP contribution in [0.2, 0.25) is 0 Å². The SMILES string of the molecule is CCC(C)N(C(=O)C(CCSC)NC(=O)OC(C)(C)C)C(C(=O)NC(C)(C)C)c1ccc(C)cc1. The van der Waals surface area contributed by atoms with E-state index in [4.69, 9.17) is 4.74 Å². The maximum absolute atomic E-state index is 14.1. The van der Waals surface area contributed by atoms with Crippen LogP contribution in [0.5, 0.6) is 0 Å². The van der Waals surface area contributed by atoms with Crippen LogP contribution in [0.3, 0.4) is 0 Å². The lowest BCUT2D eigenvalue weighted by atomic mass is 9.97. The van der Waals surface area contributed by atoms with E-state index in [1.807, 2.05) is 72.1 Å².